The summed E-state index contributed by atoms with van der Waals surface area (Å²) in [7, 11) is 3.72. The van der Waals surface area contributed by atoms with Crippen LogP contribution in [0.25, 0.3) is 11.3 Å². The van der Waals surface area contributed by atoms with E-state index in [1.165, 1.54) is 0 Å². The lowest BCUT2D eigenvalue weighted by molar-refractivity contribution is -0.115. The Morgan fingerprint density at radius 1 is 1.16 bits per heavy atom. The van der Waals surface area contributed by atoms with Gasteiger partial charge in [0.1, 0.15) is 17.3 Å². The monoisotopic (exact) mass is 339 g/mol. The minimum absolute atomic E-state index is 0.0635. The third kappa shape index (κ3) is 3.07. The van der Waals surface area contributed by atoms with E-state index in [1.54, 1.807) is 21.8 Å². The standard InChI is InChI=1S/C17H21N7O/c1-22-10-12(8-18-22)7-15(25)21-17-16(13-9-19-23(2)11-13)20-14-5-3-4-6-24(14)17/h8-11H,3-7H2,1-2H3,(H,21,25). The zero-order chi connectivity index (χ0) is 17.4. The highest BCUT2D eigenvalue weighted by Gasteiger charge is 2.23. The van der Waals surface area contributed by atoms with Crippen molar-refractivity contribution < 1.29 is 4.79 Å². The number of anilines is 1. The first-order chi connectivity index (χ1) is 12.1. The van der Waals surface area contributed by atoms with E-state index >= 15 is 0 Å². The molecule has 0 radical (unpaired) electrons. The molecule has 0 spiro atoms. The van der Waals surface area contributed by atoms with Crippen molar-refractivity contribution in [1.29, 1.82) is 0 Å². The van der Waals surface area contributed by atoms with Gasteiger partial charge in [0, 0.05) is 45.0 Å². The molecular formula is C17H21N7O. The summed E-state index contributed by atoms with van der Waals surface area (Å²) in [6, 6.07) is 0. The fraction of sp³-hybridized carbons (Fsp3) is 0.412. The maximum atomic E-state index is 12.6. The number of fused-ring (bicyclic) bond motifs is 1. The van der Waals surface area contributed by atoms with Crippen molar-refractivity contribution in [3.05, 3.63) is 36.2 Å². The minimum Gasteiger partial charge on any atom is -0.314 e. The first-order valence-electron chi connectivity index (χ1n) is 8.46. The second-order valence-corrected chi connectivity index (χ2v) is 6.48. The summed E-state index contributed by atoms with van der Waals surface area (Å²) in [5.74, 6) is 1.74. The molecule has 0 aromatic carbocycles. The third-order valence-corrected chi connectivity index (χ3v) is 4.44. The Balaban J connectivity index is 1.65. The van der Waals surface area contributed by atoms with Gasteiger partial charge < -0.3 is 9.88 Å². The Hall–Kier alpha value is -2.90. The molecule has 0 saturated heterocycles. The molecule has 8 heteroatoms. The second-order valence-electron chi connectivity index (χ2n) is 6.48. The fourth-order valence-corrected chi connectivity index (χ4v) is 3.28. The maximum Gasteiger partial charge on any atom is 0.230 e. The highest BCUT2D eigenvalue weighted by Crippen LogP contribution is 2.31. The van der Waals surface area contributed by atoms with Crippen LogP contribution in [0.15, 0.2) is 24.8 Å². The van der Waals surface area contributed by atoms with Gasteiger partial charge in [-0.25, -0.2) is 4.98 Å². The number of imidazole rings is 1. The van der Waals surface area contributed by atoms with Crippen LogP contribution in [0, 0.1) is 0 Å². The van der Waals surface area contributed by atoms with Crippen molar-refractivity contribution in [1.82, 2.24) is 29.1 Å². The van der Waals surface area contributed by atoms with Crippen LogP contribution in [0.2, 0.25) is 0 Å². The average Bonchev–Trinajstić information content (AvgIpc) is 3.27. The first kappa shape index (κ1) is 15.6. The van der Waals surface area contributed by atoms with Gasteiger partial charge in [0.05, 0.1) is 18.8 Å². The number of carbonyl (C=O) groups excluding carboxylic acids is 1. The Labute approximate surface area is 145 Å². The molecular weight excluding hydrogens is 318 g/mol. The Bertz CT molecular complexity index is 917. The molecule has 1 amide bonds. The lowest BCUT2D eigenvalue weighted by Gasteiger charge is -2.16. The van der Waals surface area contributed by atoms with Crippen LogP contribution in [0.1, 0.15) is 24.2 Å². The summed E-state index contributed by atoms with van der Waals surface area (Å²) in [4.78, 5) is 17.3. The highest BCUT2D eigenvalue weighted by atomic mass is 16.1. The quantitative estimate of drug-likeness (QED) is 0.781. The number of hydrogen-bond donors (Lipinski definition) is 1. The van der Waals surface area contributed by atoms with Crippen LogP contribution in [0.3, 0.4) is 0 Å². The first-order valence-corrected chi connectivity index (χ1v) is 8.46. The molecule has 4 heterocycles. The van der Waals surface area contributed by atoms with Crippen LogP contribution in [-0.4, -0.2) is 35.0 Å². The van der Waals surface area contributed by atoms with E-state index < -0.39 is 0 Å². The number of carbonyl (C=O) groups is 1. The van der Waals surface area contributed by atoms with Crippen LogP contribution in [0.4, 0.5) is 5.82 Å². The van der Waals surface area contributed by atoms with Crippen LogP contribution in [0.5, 0.6) is 0 Å². The SMILES string of the molecule is Cn1cc(CC(=O)Nc2c(-c3cnn(C)c3)nc3n2CCCC3)cn1. The van der Waals surface area contributed by atoms with Crippen molar-refractivity contribution in [2.45, 2.75) is 32.2 Å². The summed E-state index contributed by atoms with van der Waals surface area (Å²) in [6.45, 7) is 0.880. The van der Waals surface area contributed by atoms with E-state index in [9.17, 15) is 4.79 Å². The van der Waals surface area contributed by atoms with Gasteiger partial charge in [0.25, 0.3) is 0 Å². The Morgan fingerprint density at radius 2 is 1.96 bits per heavy atom. The van der Waals surface area contributed by atoms with Crippen molar-refractivity contribution in [2.75, 3.05) is 5.32 Å². The summed E-state index contributed by atoms with van der Waals surface area (Å²) in [6.07, 6.45) is 10.7. The van der Waals surface area contributed by atoms with Gasteiger partial charge in [0.15, 0.2) is 0 Å². The lowest BCUT2D eigenvalue weighted by atomic mass is 10.2. The largest absolute Gasteiger partial charge is 0.314 e. The topological polar surface area (TPSA) is 82.6 Å². The molecule has 1 aliphatic heterocycles. The van der Waals surface area contributed by atoms with Gasteiger partial charge >= 0.3 is 0 Å². The molecule has 1 N–H and O–H groups in total. The number of aryl methyl sites for hydroxylation is 3. The second kappa shape index (κ2) is 6.19. The van der Waals surface area contributed by atoms with E-state index in [4.69, 9.17) is 4.98 Å². The highest BCUT2D eigenvalue weighted by molar-refractivity contribution is 5.94. The Kier molecular flexibility index (Phi) is 3.87. The third-order valence-electron chi connectivity index (χ3n) is 4.44. The van der Waals surface area contributed by atoms with Crippen molar-refractivity contribution in [3.8, 4) is 11.3 Å². The molecule has 4 rings (SSSR count). The number of aromatic nitrogens is 6. The lowest BCUT2D eigenvalue weighted by Crippen LogP contribution is -2.19. The van der Waals surface area contributed by atoms with Crippen molar-refractivity contribution in [2.24, 2.45) is 14.1 Å². The summed E-state index contributed by atoms with van der Waals surface area (Å²) in [5.41, 5.74) is 2.60. The number of nitrogens with one attached hydrogen (secondary N) is 1. The van der Waals surface area contributed by atoms with Gasteiger partial charge in [-0.15, -0.1) is 0 Å². The number of hydrogen-bond acceptors (Lipinski definition) is 4. The van der Waals surface area contributed by atoms with Gasteiger partial charge in [-0.1, -0.05) is 0 Å². The van der Waals surface area contributed by atoms with Crippen LogP contribution in [-0.2, 0) is 38.3 Å². The summed E-state index contributed by atoms with van der Waals surface area (Å²) >= 11 is 0. The predicted octanol–water partition coefficient (Wildman–Crippen LogP) is 1.53. The van der Waals surface area contributed by atoms with Crippen molar-refractivity contribution in [3.63, 3.8) is 0 Å². The van der Waals surface area contributed by atoms with Gasteiger partial charge in [0.2, 0.25) is 5.91 Å². The van der Waals surface area contributed by atoms with Gasteiger partial charge in [-0.05, 0) is 18.4 Å². The van der Waals surface area contributed by atoms with Gasteiger partial charge in [-0.3, -0.25) is 14.2 Å². The normalized spacial score (nSPS) is 13.7. The molecule has 0 aliphatic carbocycles. The minimum atomic E-state index is -0.0635. The molecule has 0 atom stereocenters. The average molecular weight is 339 g/mol. The molecule has 8 nitrogen and oxygen atoms in total. The number of nitrogens with zero attached hydrogens (tertiary/aromatic N) is 6. The molecule has 25 heavy (non-hydrogen) atoms. The zero-order valence-electron chi connectivity index (χ0n) is 14.4. The summed E-state index contributed by atoms with van der Waals surface area (Å²) in [5, 5.41) is 11.4. The molecule has 0 saturated carbocycles. The number of rotatable bonds is 4. The Morgan fingerprint density at radius 3 is 2.68 bits per heavy atom. The number of amides is 1. The predicted molar refractivity (Wildman–Crippen MR) is 92.9 cm³/mol. The maximum absolute atomic E-state index is 12.6. The van der Waals surface area contributed by atoms with E-state index in [2.05, 4.69) is 20.1 Å². The molecule has 0 unspecified atom stereocenters. The van der Waals surface area contributed by atoms with Gasteiger partial charge in [-0.2, -0.15) is 10.2 Å². The molecule has 130 valence electrons. The molecule has 1 aliphatic rings. The smallest absolute Gasteiger partial charge is 0.230 e. The molecule has 3 aromatic heterocycles. The van der Waals surface area contributed by atoms with Crippen molar-refractivity contribution >= 4 is 11.7 Å². The zero-order valence-corrected chi connectivity index (χ0v) is 14.4. The van der Waals surface area contributed by atoms with E-state index in [-0.39, 0.29) is 5.91 Å². The molecule has 0 bridgehead atoms. The van der Waals surface area contributed by atoms with E-state index in [0.29, 0.717) is 6.42 Å². The van der Waals surface area contributed by atoms with E-state index in [1.807, 2.05) is 26.5 Å². The van der Waals surface area contributed by atoms with Crippen LogP contribution < -0.4 is 5.32 Å². The van der Waals surface area contributed by atoms with Crippen LogP contribution >= 0.6 is 0 Å². The molecule has 0 fully saturated rings. The molecule has 3 aromatic rings. The summed E-state index contributed by atoms with van der Waals surface area (Å²) < 4.78 is 5.58. The van der Waals surface area contributed by atoms with E-state index in [0.717, 1.165) is 54.3 Å². The fourth-order valence-electron chi connectivity index (χ4n) is 3.28.